The number of ether oxygens (including phenoxy) is 1. The van der Waals surface area contributed by atoms with Gasteiger partial charge in [0.05, 0.1) is 7.11 Å². The van der Waals surface area contributed by atoms with Gasteiger partial charge in [-0.2, -0.15) is 0 Å². The van der Waals surface area contributed by atoms with Gasteiger partial charge in [-0.25, -0.2) is 0 Å². The van der Waals surface area contributed by atoms with E-state index in [0.717, 1.165) is 30.8 Å². The van der Waals surface area contributed by atoms with Crippen molar-refractivity contribution in [1.82, 2.24) is 14.7 Å². The van der Waals surface area contributed by atoms with Crippen molar-refractivity contribution in [2.75, 3.05) is 20.2 Å². The number of halogens is 1. The Hall–Kier alpha value is -2.01. The molecule has 128 valence electrons. The average molecular weight is 348 g/mol. The first-order valence-electron chi connectivity index (χ1n) is 8.21. The molecule has 1 fully saturated rings. The molecule has 1 aromatic carbocycles. The monoisotopic (exact) mass is 347 g/mol. The molecule has 6 heteroatoms. The number of aryl methyl sites for hydroxylation is 1. The van der Waals surface area contributed by atoms with E-state index in [1.807, 2.05) is 17.0 Å². The molecule has 0 saturated carbocycles. The van der Waals surface area contributed by atoms with Gasteiger partial charge in [0.2, 0.25) is 5.88 Å². The third-order valence-corrected chi connectivity index (χ3v) is 4.77. The van der Waals surface area contributed by atoms with E-state index < -0.39 is 0 Å². The average Bonchev–Trinajstić information content (AvgIpc) is 2.80. The topological polar surface area (TPSA) is 47.4 Å². The minimum Gasteiger partial charge on any atom is -0.479 e. The molecule has 1 atom stereocenters. The smallest absolute Gasteiger partial charge is 0.260 e. The number of hydrogen-bond acceptors (Lipinski definition) is 3. The van der Waals surface area contributed by atoms with Gasteiger partial charge in [-0.3, -0.25) is 9.48 Å². The fourth-order valence-corrected chi connectivity index (χ4v) is 3.40. The lowest BCUT2D eigenvalue weighted by molar-refractivity contribution is 0.0751. The number of amides is 1. The molecule has 0 bridgehead atoms. The van der Waals surface area contributed by atoms with Crippen LogP contribution in [0.25, 0.3) is 0 Å². The summed E-state index contributed by atoms with van der Waals surface area (Å²) < 4.78 is 6.85. The molecular formula is C18H22ClN3O2. The number of hydrogen-bond donors (Lipinski definition) is 0. The van der Waals surface area contributed by atoms with Crippen molar-refractivity contribution < 1.29 is 9.53 Å². The van der Waals surface area contributed by atoms with Gasteiger partial charge in [0.25, 0.3) is 5.91 Å². The zero-order valence-electron chi connectivity index (χ0n) is 14.0. The van der Waals surface area contributed by atoms with Gasteiger partial charge in [0, 0.05) is 37.3 Å². The van der Waals surface area contributed by atoms with E-state index >= 15 is 0 Å². The van der Waals surface area contributed by atoms with Crippen LogP contribution in [-0.2, 0) is 7.05 Å². The third kappa shape index (κ3) is 3.56. The fraction of sp³-hybridized carbons (Fsp3) is 0.444. The van der Waals surface area contributed by atoms with Crippen LogP contribution in [0.5, 0.6) is 5.88 Å². The molecule has 0 N–H and O–H groups in total. The Labute approximate surface area is 147 Å². The summed E-state index contributed by atoms with van der Waals surface area (Å²) in [6.07, 6.45) is 4.93. The number of benzene rings is 1. The number of carbonyl (C=O) groups excluding carboxylic acids is 1. The quantitative estimate of drug-likeness (QED) is 0.853. The molecule has 2 heterocycles. The third-order valence-electron chi connectivity index (χ3n) is 4.52. The minimum atomic E-state index is -0.0131. The number of methoxy groups -OCH3 is 1. The molecule has 1 saturated heterocycles. The van der Waals surface area contributed by atoms with E-state index in [-0.39, 0.29) is 5.91 Å². The Morgan fingerprint density at radius 2 is 2.04 bits per heavy atom. The van der Waals surface area contributed by atoms with E-state index in [0.29, 0.717) is 23.9 Å². The first-order valence-corrected chi connectivity index (χ1v) is 8.58. The fourth-order valence-electron chi connectivity index (χ4n) is 3.27. The van der Waals surface area contributed by atoms with Gasteiger partial charge in [-0.1, -0.05) is 30.2 Å². The van der Waals surface area contributed by atoms with Crippen molar-refractivity contribution in [2.45, 2.75) is 25.2 Å². The van der Waals surface area contributed by atoms with Crippen LogP contribution in [0.2, 0.25) is 5.02 Å². The number of likely N-dealkylation sites (tertiary alicyclic amines) is 1. The minimum absolute atomic E-state index is 0.0131. The largest absolute Gasteiger partial charge is 0.479 e. The molecule has 0 radical (unpaired) electrons. The highest BCUT2D eigenvalue weighted by molar-refractivity contribution is 6.30. The van der Waals surface area contributed by atoms with Gasteiger partial charge in [-0.05, 0) is 30.5 Å². The first-order chi connectivity index (χ1) is 11.6. The van der Waals surface area contributed by atoms with Crippen LogP contribution in [0, 0.1) is 0 Å². The Morgan fingerprint density at radius 1 is 1.29 bits per heavy atom. The van der Waals surface area contributed by atoms with Crippen LogP contribution in [0.4, 0.5) is 0 Å². The Balaban J connectivity index is 1.81. The maximum absolute atomic E-state index is 12.9. The second kappa shape index (κ2) is 7.26. The summed E-state index contributed by atoms with van der Waals surface area (Å²) >= 11 is 5.99. The van der Waals surface area contributed by atoms with Crippen LogP contribution in [-0.4, -0.2) is 40.8 Å². The summed E-state index contributed by atoms with van der Waals surface area (Å²) in [7, 11) is 3.33. The Morgan fingerprint density at radius 3 is 2.75 bits per heavy atom. The van der Waals surface area contributed by atoms with Crippen LogP contribution < -0.4 is 4.74 Å². The summed E-state index contributed by atoms with van der Waals surface area (Å²) in [4.78, 5) is 14.9. The van der Waals surface area contributed by atoms with Crippen LogP contribution in [0.3, 0.4) is 0 Å². The number of aromatic nitrogens is 2. The number of carbonyl (C=O) groups is 1. The van der Waals surface area contributed by atoms with Crippen LogP contribution in [0.15, 0.2) is 30.5 Å². The second-order valence-corrected chi connectivity index (χ2v) is 6.66. The molecule has 0 aliphatic carbocycles. The van der Waals surface area contributed by atoms with E-state index in [2.05, 4.69) is 17.2 Å². The van der Waals surface area contributed by atoms with Crippen molar-refractivity contribution in [3.05, 3.63) is 46.6 Å². The predicted molar refractivity (Wildman–Crippen MR) is 93.7 cm³/mol. The highest BCUT2D eigenvalue weighted by atomic mass is 35.5. The SMILES string of the molecule is COc1nn(C)cc1C(=O)N1CCCC[C@H](c2ccc(Cl)cc2)C1. The Kier molecular flexibility index (Phi) is 5.09. The van der Waals surface area contributed by atoms with Crippen molar-refractivity contribution in [1.29, 1.82) is 0 Å². The summed E-state index contributed by atoms with van der Waals surface area (Å²) in [5, 5.41) is 4.92. The number of nitrogens with zero attached hydrogens (tertiary/aromatic N) is 3. The van der Waals surface area contributed by atoms with E-state index in [9.17, 15) is 4.79 Å². The number of rotatable bonds is 3. The van der Waals surface area contributed by atoms with Crippen molar-refractivity contribution in [3.63, 3.8) is 0 Å². The maximum atomic E-state index is 12.9. The molecule has 1 aromatic heterocycles. The molecule has 3 rings (SSSR count). The van der Waals surface area contributed by atoms with Gasteiger partial charge < -0.3 is 9.64 Å². The summed E-state index contributed by atoms with van der Waals surface area (Å²) in [6, 6.07) is 7.95. The van der Waals surface area contributed by atoms with Crippen molar-refractivity contribution in [3.8, 4) is 5.88 Å². The Bertz CT molecular complexity index is 712. The summed E-state index contributed by atoms with van der Waals surface area (Å²) in [5.74, 6) is 0.701. The second-order valence-electron chi connectivity index (χ2n) is 6.22. The molecule has 1 aliphatic heterocycles. The van der Waals surface area contributed by atoms with Gasteiger partial charge >= 0.3 is 0 Å². The van der Waals surface area contributed by atoms with Crippen molar-refractivity contribution in [2.24, 2.45) is 7.05 Å². The lowest BCUT2D eigenvalue weighted by Gasteiger charge is -2.24. The maximum Gasteiger partial charge on any atom is 0.260 e. The normalized spacial score (nSPS) is 18.3. The van der Waals surface area contributed by atoms with E-state index in [1.165, 1.54) is 12.7 Å². The molecule has 2 aromatic rings. The zero-order chi connectivity index (χ0) is 17.1. The van der Waals surface area contributed by atoms with Gasteiger partial charge in [-0.15, -0.1) is 5.10 Å². The van der Waals surface area contributed by atoms with Crippen LogP contribution >= 0.6 is 11.6 Å². The molecule has 0 spiro atoms. The van der Waals surface area contributed by atoms with E-state index in [1.54, 1.807) is 17.9 Å². The summed E-state index contributed by atoms with van der Waals surface area (Å²) in [5.41, 5.74) is 1.76. The summed E-state index contributed by atoms with van der Waals surface area (Å²) in [6.45, 7) is 1.47. The molecule has 24 heavy (non-hydrogen) atoms. The molecule has 0 unspecified atom stereocenters. The molecule has 5 nitrogen and oxygen atoms in total. The molecular weight excluding hydrogens is 326 g/mol. The molecule has 1 amide bonds. The standard InChI is InChI=1S/C18H22ClN3O2/c1-21-12-16(17(20-21)24-2)18(23)22-10-4-3-5-14(11-22)13-6-8-15(19)9-7-13/h6-9,12,14H,3-5,10-11H2,1-2H3/t14-/m0/s1. The highest BCUT2D eigenvalue weighted by Crippen LogP contribution is 2.29. The lowest BCUT2D eigenvalue weighted by Crippen LogP contribution is -2.34. The highest BCUT2D eigenvalue weighted by Gasteiger charge is 2.27. The molecule has 1 aliphatic rings. The van der Waals surface area contributed by atoms with Gasteiger partial charge in [0.15, 0.2) is 0 Å². The van der Waals surface area contributed by atoms with E-state index in [4.69, 9.17) is 16.3 Å². The van der Waals surface area contributed by atoms with Gasteiger partial charge in [0.1, 0.15) is 5.56 Å². The lowest BCUT2D eigenvalue weighted by atomic mass is 9.94. The predicted octanol–water partition coefficient (Wildman–Crippen LogP) is 3.49. The first kappa shape index (κ1) is 16.8. The van der Waals surface area contributed by atoms with Crippen molar-refractivity contribution >= 4 is 17.5 Å². The van der Waals surface area contributed by atoms with Crippen LogP contribution in [0.1, 0.15) is 41.1 Å². The zero-order valence-corrected chi connectivity index (χ0v) is 14.8.